The highest BCUT2D eigenvalue weighted by Crippen LogP contribution is 2.41. The second-order valence-corrected chi connectivity index (χ2v) is 9.43. The van der Waals surface area contributed by atoms with Gasteiger partial charge in [0.15, 0.2) is 0 Å². The second kappa shape index (κ2) is 12.1. The standard InChI is InChI=1S/C23H17Cl4F6NO2/c1-11(6-14(35)10-22(28,29)30)34-21(36)15-4-2-12(7-17(15)24)3-5-16(23(31,32)33)13-8-18(25)20(27)19(26)9-13/h2-5,7-9,11,16H,6,10H2,1H3,(H,34,36)/b5-3+/t11-,16?/m1/s1. The fourth-order valence-electron chi connectivity index (χ4n) is 3.18. The number of benzene rings is 2. The molecule has 2 aromatic rings. The van der Waals surface area contributed by atoms with Gasteiger partial charge in [-0.1, -0.05) is 64.6 Å². The summed E-state index contributed by atoms with van der Waals surface area (Å²) in [6.07, 6.45) is -9.50. The first-order valence-electron chi connectivity index (χ1n) is 10.1. The van der Waals surface area contributed by atoms with Crippen LogP contribution in [0.3, 0.4) is 0 Å². The van der Waals surface area contributed by atoms with E-state index in [1.807, 2.05) is 0 Å². The van der Waals surface area contributed by atoms with Gasteiger partial charge in [0.25, 0.3) is 5.91 Å². The highest BCUT2D eigenvalue weighted by molar-refractivity contribution is 6.48. The molecule has 1 unspecified atom stereocenters. The molecule has 0 spiro atoms. The molecule has 0 aromatic heterocycles. The van der Waals surface area contributed by atoms with E-state index in [0.717, 1.165) is 24.3 Å². The van der Waals surface area contributed by atoms with Crippen LogP contribution in [0.1, 0.15) is 47.2 Å². The Labute approximate surface area is 222 Å². The normalized spacial score (nSPS) is 14.1. The summed E-state index contributed by atoms with van der Waals surface area (Å²) >= 11 is 23.6. The summed E-state index contributed by atoms with van der Waals surface area (Å²) < 4.78 is 77.9. The van der Waals surface area contributed by atoms with Gasteiger partial charge in [0.05, 0.1) is 31.6 Å². The predicted octanol–water partition coefficient (Wildman–Crippen LogP) is 8.69. The average molecular weight is 595 g/mol. The van der Waals surface area contributed by atoms with E-state index in [1.54, 1.807) is 0 Å². The van der Waals surface area contributed by atoms with Crippen molar-refractivity contribution in [2.75, 3.05) is 0 Å². The van der Waals surface area contributed by atoms with E-state index in [2.05, 4.69) is 5.32 Å². The smallest absolute Gasteiger partial charge is 0.349 e. The van der Waals surface area contributed by atoms with Gasteiger partial charge in [-0.2, -0.15) is 26.3 Å². The van der Waals surface area contributed by atoms with Crippen LogP contribution in [0.4, 0.5) is 26.3 Å². The monoisotopic (exact) mass is 593 g/mol. The molecule has 0 aliphatic rings. The number of halogens is 10. The molecular weight excluding hydrogens is 578 g/mol. The lowest BCUT2D eigenvalue weighted by Gasteiger charge is -2.18. The number of rotatable bonds is 8. The average Bonchev–Trinajstić information content (AvgIpc) is 2.69. The first kappa shape index (κ1) is 30.3. The van der Waals surface area contributed by atoms with Crippen molar-refractivity contribution in [2.45, 2.75) is 44.1 Å². The summed E-state index contributed by atoms with van der Waals surface area (Å²) in [6, 6.07) is 5.00. The van der Waals surface area contributed by atoms with E-state index in [4.69, 9.17) is 46.4 Å². The molecule has 0 radical (unpaired) electrons. The van der Waals surface area contributed by atoms with Crippen LogP contribution in [0.5, 0.6) is 0 Å². The molecule has 0 saturated carbocycles. The number of hydrogen-bond acceptors (Lipinski definition) is 2. The SMILES string of the molecule is C[C@H](CC(=O)CC(F)(F)F)NC(=O)c1ccc(/C=C/C(c2cc(Cl)c(Cl)c(Cl)c2)C(F)(F)F)cc1Cl. The maximum atomic E-state index is 13.7. The van der Waals surface area contributed by atoms with Crippen LogP contribution in [0.25, 0.3) is 6.08 Å². The molecule has 3 nitrogen and oxygen atoms in total. The number of ketones is 1. The Hall–Kier alpha value is -1.94. The molecule has 2 aromatic carbocycles. The fraction of sp³-hybridized carbons (Fsp3) is 0.304. The van der Waals surface area contributed by atoms with E-state index < -0.39 is 48.8 Å². The zero-order valence-electron chi connectivity index (χ0n) is 18.2. The lowest BCUT2D eigenvalue weighted by atomic mass is 9.97. The van der Waals surface area contributed by atoms with Gasteiger partial charge in [-0.05, 0) is 42.3 Å². The minimum absolute atomic E-state index is 0.0763. The van der Waals surface area contributed by atoms with Gasteiger partial charge in [-0.3, -0.25) is 9.59 Å². The van der Waals surface area contributed by atoms with E-state index >= 15 is 0 Å². The van der Waals surface area contributed by atoms with Crippen LogP contribution in [-0.4, -0.2) is 30.1 Å². The van der Waals surface area contributed by atoms with E-state index in [9.17, 15) is 35.9 Å². The van der Waals surface area contributed by atoms with Crippen molar-refractivity contribution in [3.8, 4) is 0 Å². The summed E-state index contributed by atoms with van der Waals surface area (Å²) in [5, 5.41) is 1.88. The van der Waals surface area contributed by atoms with Crippen molar-refractivity contribution >= 4 is 64.2 Å². The van der Waals surface area contributed by atoms with Crippen LogP contribution >= 0.6 is 46.4 Å². The first-order valence-corrected chi connectivity index (χ1v) is 11.6. The van der Waals surface area contributed by atoms with Crippen molar-refractivity contribution in [1.82, 2.24) is 5.32 Å². The van der Waals surface area contributed by atoms with Crippen molar-refractivity contribution in [1.29, 1.82) is 0 Å². The van der Waals surface area contributed by atoms with Crippen molar-refractivity contribution in [3.63, 3.8) is 0 Å². The van der Waals surface area contributed by atoms with Crippen LogP contribution in [0, 0.1) is 0 Å². The van der Waals surface area contributed by atoms with Gasteiger partial charge in [-0.25, -0.2) is 0 Å². The molecule has 13 heteroatoms. The molecule has 0 aliphatic heterocycles. The molecule has 2 atom stereocenters. The van der Waals surface area contributed by atoms with Crippen molar-refractivity contribution < 1.29 is 35.9 Å². The number of carbonyl (C=O) groups is 2. The quantitative estimate of drug-likeness (QED) is 0.245. The number of nitrogens with one attached hydrogen (secondary N) is 1. The zero-order chi connectivity index (χ0) is 27.4. The van der Waals surface area contributed by atoms with Crippen LogP contribution < -0.4 is 5.32 Å². The summed E-state index contributed by atoms with van der Waals surface area (Å²) in [5.41, 5.74) is -0.0905. The molecule has 0 saturated heterocycles. The maximum absolute atomic E-state index is 13.7. The molecule has 36 heavy (non-hydrogen) atoms. The van der Waals surface area contributed by atoms with Gasteiger partial charge in [0.2, 0.25) is 0 Å². The van der Waals surface area contributed by atoms with E-state index in [0.29, 0.717) is 0 Å². The fourth-order valence-corrected chi connectivity index (χ4v) is 4.07. The third-order valence-electron chi connectivity index (χ3n) is 4.75. The number of hydrogen-bond donors (Lipinski definition) is 1. The first-order chi connectivity index (χ1) is 16.5. The third-order valence-corrected chi connectivity index (χ3v) is 6.26. The van der Waals surface area contributed by atoms with E-state index in [1.165, 1.54) is 25.1 Å². The Balaban J connectivity index is 2.18. The van der Waals surface area contributed by atoms with Gasteiger partial charge in [0.1, 0.15) is 12.2 Å². The second-order valence-electron chi connectivity index (χ2n) is 7.83. The molecule has 196 valence electrons. The van der Waals surface area contributed by atoms with E-state index in [-0.39, 0.29) is 36.8 Å². The Morgan fingerprint density at radius 3 is 2.03 bits per heavy atom. The Kier molecular flexibility index (Phi) is 10.2. The lowest BCUT2D eigenvalue weighted by Crippen LogP contribution is -2.35. The topological polar surface area (TPSA) is 46.2 Å². The van der Waals surface area contributed by atoms with Gasteiger partial charge in [-0.15, -0.1) is 0 Å². The van der Waals surface area contributed by atoms with Crippen LogP contribution in [0.2, 0.25) is 20.1 Å². The molecule has 0 bridgehead atoms. The molecule has 1 amide bonds. The molecule has 0 fully saturated rings. The molecule has 0 heterocycles. The number of alkyl halides is 6. The Morgan fingerprint density at radius 1 is 0.944 bits per heavy atom. The maximum Gasteiger partial charge on any atom is 0.399 e. The Morgan fingerprint density at radius 2 is 1.53 bits per heavy atom. The summed E-state index contributed by atoms with van der Waals surface area (Å²) in [5.74, 6) is -3.94. The molecular formula is C23H17Cl4F6NO2. The van der Waals surface area contributed by atoms with Crippen molar-refractivity contribution in [3.05, 3.63) is 73.2 Å². The molecule has 1 N–H and O–H groups in total. The van der Waals surface area contributed by atoms with Gasteiger partial charge in [0, 0.05) is 12.5 Å². The molecule has 0 aliphatic carbocycles. The zero-order valence-corrected chi connectivity index (χ0v) is 21.2. The number of Topliss-reactive ketones (excluding diaryl/α,β-unsaturated/α-hetero) is 1. The lowest BCUT2D eigenvalue weighted by molar-refractivity contribution is -0.152. The highest BCUT2D eigenvalue weighted by atomic mass is 35.5. The minimum Gasteiger partial charge on any atom is -0.349 e. The number of amides is 1. The predicted molar refractivity (Wildman–Crippen MR) is 128 cm³/mol. The summed E-state index contributed by atoms with van der Waals surface area (Å²) in [4.78, 5) is 23.8. The summed E-state index contributed by atoms with van der Waals surface area (Å²) in [7, 11) is 0. The molecule has 2 rings (SSSR count). The number of carbonyl (C=O) groups excluding carboxylic acids is 2. The van der Waals surface area contributed by atoms with Crippen LogP contribution in [-0.2, 0) is 4.79 Å². The van der Waals surface area contributed by atoms with Crippen LogP contribution in [0.15, 0.2) is 36.4 Å². The largest absolute Gasteiger partial charge is 0.399 e. The van der Waals surface area contributed by atoms with Crippen molar-refractivity contribution in [2.24, 2.45) is 0 Å². The Bertz CT molecular complexity index is 1140. The van der Waals surface area contributed by atoms with Gasteiger partial charge < -0.3 is 5.32 Å². The highest BCUT2D eigenvalue weighted by Gasteiger charge is 2.39. The summed E-state index contributed by atoms with van der Waals surface area (Å²) in [6.45, 7) is 1.35. The van der Waals surface area contributed by atoms with Gasteiger partial charge >= 0.3 is 12.4 Å². The minimum atomic E-state index is -4.69. The number of allylic oxidation sites excluding steroid dienone is 1. The third kappa shape index (κ3) is 8.87.